The van der Waals surface area contributed by atoms with Crippen LogP contribution in [0.2, 0.25) is 10.0 Å². The Morgan fingerprint density at radius 3 is 2.27 bits per heavy atom. The Morgan fingerprint density at radius 1 is 0.970 bits per heavy atom. The van der Waals surface area contributed by atoms with Gasteiger partial charge in [-0.05, 0) is 80.9 Å². The largest absolute Gasteiger partial charge is 0.317 e. The van der Waals surface area contributed by atoms with E-state index >= 15 is 0 Å². The van der Waals surface area contributed by atoms with Crippen LogP contribution in [-0.4, -0.2) is 21.5 Å². The fourth-order valence-corrected chi connectivity index (χ4v) is 4.79. The van der Waals surface area contributed by atoms with E-state index in [1.54, 1.807) is 24.3 Å². The third-order valence-electron chi connectivity index (χ3n) is 5.71. The molecule has 8 heteroatoms. The zero-order chi connectivity index (χ0) is 24.0. The van der Waals surface area contributed by atoms with Crippen molar-refractivity contribution in [2.24, 2.45) is 0 Å². The molecule has 1 saturated heterocycles. The maximum Gasteiger partial charge on any atom is 0.270 e. The van der Waals surface area contributed by atoms with Crippen LogP contribution in [0.1, 0.15) is 28.1 Å². The van der Waals surface area contributed by atoms with Crippen LogP contribution in [-0.2, 0) is 9.59 Å². The van der Waals surface area contributed by atoms with Crippen LogP contribution in [0.3, 0.4) is 0 Å². The number of para-hydroxylation sites is 1. The highest BCUT2D eigenvalue weighted by Crippen LogP contribution is 2.35. The van der Waals surface area contributed by atoms with Crippen LogP contribution in [0.4, 0.5) is 5.69 Å². The maximum absolute atomic E-state index is 13.4. The van der Waals surface area contributed by atoms with Crippen molar-refractivity contribution in [2.45, 2.75) is 27.7 Å². The number of carbonyl (C=O) groups is 2. The third kappa shape index (κ3) is 3.99. The number of nitrogens with one attached hydrogen (secondary N) is 1. The van der Waals surface area contributed by atoms with Gasteiger partial charge in [0.25, 0.3) is 11.8 Å². The molecule has 0 spiro atoms. The van der Waals surface area contributed by atoms with Crippen LogP contribution < -0.4 is 10.2 Å². The van der Waals surface area contributed by atoms with E-state index < -0.39 is 11.8 Å². The molecule has 168 valence electrons. The molecule has 0 unspecified atom stereocenters. The molecule has 33 heavy (non-hydrogen) atoms. The summed E-state index contributed by atoms with van der Waals surface area (Å²) in [6.07, 6.45) is 1.59. The van der Waals surface area contributed by atoms with E-state index in [1.165, 1.54) is 4.90 Å². The number of benzene rings is 2. The lowest BCUT2D eigenvalue weighted by Crippen LogP contribution is -2.54. The predicted octanol–water partition coefficient (Wildman–Crippen LogP) is 5.85. The summed E-state index contributed by atoms with van der Waals surface area (Å²) in [4.78, 5) is 27.3. The van der Waals surface area contributed by atoms with Gasteiger partial charge in [0.05, 0.1) is 21.4 Å². The second-order valence-corrected chi connectivity index (χ2v) is 9.10. The van der Waals surface area contributed by atoms with Gasteiger partial charge in [-0.15, -0.1) is 0 Å². The lowest BCUT2D eigenvalue weighted by molar-refractivity contribution is -0.122. The van der Waals surface area contributed by atoms with Crippen molar-refractivity contribution in [3.63, 3.8) is 0 Å². The normalized spacial score (nSPS) is 15.4. The van der Waals surface area contributed by atoms with E-state index in [9.17, 15) is 9.59 Å². The van der Waals surface area contributed by atoms with Crippen LogP contribution >= 0.6 is 35.4 Å². The number of aryl methyl sites for hydroxylation is 3. The van der Waals surface area contributed by atoms with Gasteiger partial charge < -0.3 is 4.57 Å². The smallest absolute Gasteiger partial charge is 0.270 e. The van der Waals surface area contributed by atoms with E-state index in [1.807, 2.05) is 26.0 Å². The van der Waals surface area contributed by atoms with E-state index in [0.717, 1.165) is 33.8 Å². The molecule has 0 saturated carbocycles. The van der Waals surface area contributed by atoms with Crippen molar-refractivity contribution < 1.29 is 9.59 Å². The molecule has 0 bridgehead atoms. The second-order valence-electron chi connectivity index (χ2n) is 7.93. The number of amides is 2. The summed E-state index contributed by atoms with van der Waals surface area (Å²) in [7, 11) is 0. The second kappa shape index (κ2) is 8.78. The van der Waals surface area contributed by atoms with Gasteiger partial charge in [-0.3, -0.25) is 19.8 Å². The minimum Gasteiger partial charge on any atom is -0.317 e. The molecule has 4 rings (SSSR count). The molecular weight excluding hydrogens is 477 g/mol. The summed E-state index contributed by atoms with van der Waals surface area (Å²) in [6.45, 7) is 8.08. The quantitative estimate of drug-likeness (QED) is 0.280. The molecule has 5 nitrogen and oxygen atoms in total. The summed E-state index contributed by atoms with van der Waals surface area (Å²) < 4.78 is 2.14. The summed E-state index contributed by atoms with van der Waals surface area (Å²) in [5, 5.41) is 3.00. The minimum atomic E-state index is -0.565. The van der Waals surface area contributed by atoms with Crippen LogP contribution in [0.5, 0.6) is 0 Å². The van der Waals surface area contributed by atoms with Gasteiger partial charge >= 0.3 is 0 Å². The highest BCUT2D eigenvalue weighted by molar-refractivity contribution is 7.80. The van der Waals surface area contributed by atoms with E-state index in [4.69, 9.17) is 35.4 Å². The Kier molecular flexibility index (Phi) is 6.18. The first-order chi connectivity index (χ1) is 15.6. The Morgan fingerprint density at radius 2 is 1.61 bits per heavy atom. The molecule has 0 radical (unpaired) electrons. The van der Waals surface area contributed by atoms with Gasteiger partial charge in [0, 0.05) is 11.4 Å². The Labute approximate surface area is 207 Å². The summed E-state index contributed by atoms with van der Waals surface area (Å²) in [5.74, 6) is -1.12. The predicted molar refractivity (Wildman–Crippen MR) is 137 cm³/mol. The molecule has 1 aromatic heterocycles. The van der Waals surface area contributed by atoms with Crippen molar-refractivity contribution in [2.75, 3.05) is 4.90 Å². The van der Waals surface area contributed by atoms with Gasteiger partial charge in [-0.25, -0.2) is 0 Å². The number of hydrogen-bond acceptors (Lipinski definition) is 3. The molecule has 2 amide bonds. The van der Waals surface area contributed by atoms with Crippen molar-refractivity contribution >= 4 is 64.1 Å². The maximum atomic E-state index is 13.4. The molecule has 1 N–H and O–H groups in total. The number of anilines is 1. The van der Waals surface area contributed by atoms with Crippen molar-refractivity contribution in [1.29, 1.82) is 0 Å². The van der Waals surface area contributed by atoms with Gasteiger partial charge in [0.15, 0.2) is 5.11 Å². The average molecular weight is 498 g/mol. The molecule has 1 aliphatic rings. The van der Waals surface area contributed by atoms with E-state index in [0.29, 0.717) is 5.69 Å². The number of aromatic nitrogens is 1. The lowest BCUT2D eigenvalue weighted by atomic mass is 10.1. The zero-order valence-electron chi connectivity index (χ0n) is 18.5. The molecule has 1 aliphatic heterocycles. The summed E-state index contributed by atoms with van der Waals surface area (Å²) >= 11 is 17.7. The number of hydrogen-bond donors (Lipinski definition) is 1. The van der Waals surface area contributed by atoms with E-state index in [-0.39, 0.29) is 20.7 Å². The number of thiocarbonyl (C=S) groups is 1. The number of rotatable bonds is 3. The number of halogens is 2. The highest BCUT2D eigenvalue weighted by atomic mass is 35.5. The van der Waals surface area contributed by atoms with Gasteiger partial charge in [-0.2, -0.15) is 0 Å². The van der Waals surface area contributed by atoms with Crippen molar-refractivity contribution in [1.82, 2.24) is 9.88 Å². The van der Waals surface area contributed by atoms with Gasteiger partial charge in [-0.1, -0.05) is 47.5 Å². The van der Waals surface area contributed by atoms with Gasteiger partial charge in [0.2, 0.25) is 0 Å². The average Bonchev–Trinajstić information content (AvgIpc) is 3.01. The molecular formula is C25H21Cl2N3O2S. The Bertz CT molecular complexity index is 1350. The van der Waals surface area contributed by atoms with Crippen LogP contribution in [0.15, 0.2) is 48.0 Å². The van der Waals surface area contributed by atoms with Gasteiger partial charge in [0.1, 0.15) is 5.57 Å². The zero-order valence-corrected chi connectivity index (χ0v) is 20.8. The first-order valence-electron chi connectivity index (χ1n) is 10.2. The Balaban J connectivity index is 1.82. The molecule has 3 aromatic rings. The summed E-state index contributed by atoms with van der Waals surface area (Å²) in [6, 6.07) is 13.0. The fourth-order valence-electron chi connectivity index (χ4n) is 4.13. The van der Waals surface area contributed by atoms with Crippen molar-refractivity contribution in [3.05, 3.63) is 86.2 Å². The molecule has 1 fully saturated rings. The fraction of sp³-hybridized carbons (Fsp3) is 0.160. The lowest BCUT2D eigenvalue weighted by Gasteiger charge is -2.29. The first-order valence-corrected chi connectivity index (χ1v) is 11.4. The molecule has 0 aliphatic carbocycles. The van der Waals surface area contributed by atoms with Crippen LogP contribution in [0.25, 0.3) is 11.8 Å². The minimum absolute atomic E-state index is 0.0404. The first kappa shape index (κ1) is 23.2. The summed E-state index contributed by atoms with van der Waals surface area (Å²) in [5.41, 5.74) is 6.30. The molecule has 0 atom stereocenters. The third-order valence-corrected chi connectivity index (χ3v) is 6.80. The van der Waals surface area contributed by atoms with Crippen LogP contribution in [0, 0.1) is 27.7 Å². The highest BCUT2D eigenvalue weighted by Gasteiger charge is 2.36. The van der Waals surface area contributed by atoms with Crippen molar-refractivity contribution in [3.8, 4) is 5.69 Å². The monoisotopic (exact) mass is 497 g/mol. The number of carbonyl (C=O) groups excluding carboxylic acids is 2. The SMILES string of the molecule is Cc1cccc(C)c1-n1c(C)cc(/C=C2\C(=O)NC(=S)N(c3cccc(Cl)c3Cl)C2=O)c1C. The Hall–Kier alpha value is -2.93. The topological polar surface area (TPSA) is 54.3 Å². The number of nitrogens with zero attached hydrogens (tertiary/aromatic N) is 2. The molecule has 2 aromatic carbocycles. The van der Waals surface area contributed by atoms with E-state index in [2.05, 4.69) is 35.9 Å². The molecule has 2 heterocycles. The standard InChI is InChI=1S/C25H21Cl2N3O2S/c1-13-7-5-8-14(2)22(13)29-15(3)11-17(16(29)4)12-18-23(31)28-25(33)30(24(18)32)20-10-6-9-19(26)21(20)27/h5-12H,1-4H3,(H,28,31,33)/b18-12+.